The standard InChI is InChI=1S/C16H19NO2/c1-12(17)16(19-15-6-4-3-5-7-15)13-8-10-14(18-2)11-9-13/h3-12,16H,17H2,1-2H3. The van der Waals surface area contributed by atoms with Gasteiger partial charge in [0.25, 0.3) is 0 Å². The van der Waals surface area contributed by atoms with Crippen LogP contribution in [0.4, 0.5) is 0 Å². The summed E-state index contributed by atoms with van der Waals surface area (Å²) in [5.74, 6) is 1.65. The van der Waals surface area contributed by atoms with Crippen molar-refractivity contribution in [1.29, 1.82) is 0 Å². The van der Waals surface area contributed by atoms with Crippen LogP contribution in [0, 0.1) is 0 Å². The quantitative estimate of drug-likeness (QED) is 0.894. The Labute approximate surface area is 114 Å². The van der Waals surface area contributed by atoms with Gasteiger partial charge >= 0.3 is 0 Å². The number of benzene rings is 2. The van der Waals surface area contributed by atoms with Crippen LogP contribution >= 0.6 is 0 Å². The number of hydrogen-bond donors (Lipinski definition) is 1. The van der Waals surface area contributed by atoms with Crippen molar-refractivity contribution in [2.24, 2.45) is 5.73 Å². The molecule has 0 saturated carbocycles. The monoisotopic (exact) mass is 257 g/mol. The second-order valence-corrected chi connectivity index (χ2v) is 4.48. The summed E-state index contributed by atoms with van der Waals surface area (Å²) in [6, 6.07) is 17.4. The van der Waals surface area contributed by atoms with Crippen LogP contribution in [-0.2, 0) is 0 Å². The number of methoxy groups -OCH3 is 1. The minimum Gasteiger partial charge on any atom is -0.497 e. The van der Waals surface area contributed by atoms with Crippen LogP contribution in [0.15, 0.2) is 54.6 Å². The molecule has 0 aromatic heterocycles. The number of para-hydroxylation sites is 1. The molecule has 3 heteroatoms. The fourth-order valence-electron chi connectivity index (χ4n) is 1.92. The predicted molar refractivity (Wildman–Crippen MR) is 76.5 cm³/mol. The Bertz CT molecular complexity index is 494. The Morgan fingerprint density at radius 1 is 0.895 bits per heavy atom. The third kappa shape index (κ3) is 3.48. The SMILES string of the molecule is COc1ccc(C(Oc2ccccc2)C(C)N)cc1. The Balaban J connectivity index is 2.19. The van der Waals surface area contributed by atoms with E-state index in [0.717, 1.165) is 17.1 Å². The highest BCUT2D eigenvalue weighted by Crippen LogP contribution is 2.25. The highest BCUT2D eigenvalue weighted by atomic mass is 16.5. The van der Waals surface area contributed by atoms with Crippen molar-refractivity contribution >= 4 is 0 Å². The van der Waals surface area contributed by atoms with Gasteiger partial charge in [-0.2, -0.15) is 0 Å². The topological polar surface area (TPSA) is 44.5 Å². The van der Waals surface area contributed by atoms with Gasteiger partial charge in [0.2, 0.25) is 0 Å². The molecule has 2 aromatic carbocycles. The molecule has 0 heterocycles. The molecule has 2 N–H and O–H groups in total. The fourth-order valence-corrected chi connectivity index (χ4v) is 1.92. The molecule has 3 nitrogen and oxygen atoms in total. The summed E-state index contributed by atoms with van der Waals surface area (Å²) in [5.41, 5.74) is 7.07. The first-order valence-corrected chi connectivity index (χ1v) is 6.32. The van der Waals surface area contributed by atoms with Crippen LogP contribution in [0.2, 0.25) is 0 Å². The van der Waals surface area contributed by atoms with E-state index in [4.69, 9.17) is 15.2 Å². The Morgan fingerprint density at radius 2 is 1.53 bits per heavy atom. The first-order valence-electron chi connectivity index (χ1n) is 6.32. The molecule has 0 aliphatic rings. The molecule has 0 amide bonds. The van der Waals surface area contributed by atoms with Gasteiger partial charge in [0, 0.05) is 6.04 Å². The predicted octanol–water partition coefficient (Wildman–Crippen LogP) is 3.16. The Morgan fingerprint density at radius 3 is 2.05 bits per heavy atom. The highest BCUT2D eigenvalue weighted by molar-refractivity contribution is 5.30. The molecule has 2 aromatic rings. The molecule has 19 heavy (non-hydrogen) atoms. The van der Waals surface area contributed by atoms with Crippen LogP contribution in [0.25, 0.3) is 0 Å². The van der Waals surface area contributed by atoms with Gasteiger partial charge in [-0.15, -0.1) is 0 Å². The molecule has 2 unspecified atom stereocenters. The average Bonchev–Trinajstić information content (AvgIpc) is 2.46. The van der Waals surface area contributed by atoms with Crippen LogP contribution in [0.3, 0.4) is 0 Å². The normalized spacial score (nSPS) is 13.6. The van der Waals surface area contributed by atoms with Crippen LogP contribution in [-0.4, -0.2) is 13.2 Å². The second kappa shape index (κ2) is 6.25. The first-order chi connectivity index (χ1) is 9.20. The lowest BCUT2D eigenvalue weighted by atomic mass is 10.0. The zero-order chi connectivity index (χ0) is 13.7. The Hall–Kier alpha value is -2.00. The first kappa shape index (κ1) is 13.4. The van der Waals surface area contributed by atoms with Crippen molar-refractivity contribution in [2.45, 2.75) is 19.1 Å². The molecule has 0 radical (unpaired) electrons. The summed E-state index contributed by atoms with van der Waals surface area (Å²) in [7, 11) is 1.65. The van der Waals surface area contributed by atoms with E-state index < -0.39 is 0 Å². The molecule has 0 bridgehead atoms. The lowest BCUT2D eigenvalue weighted by Crippen LogP contribution is -2.29. The van der Waals surface area contributed by atoms with Gasteiger partial charge in [-0.1, -0.05) is 30.3 Å². The van der Waals surface area contributed by atoms with E-state index in [0.29, 0.717) is 0 Å². The van der Waals surface area contributed by atoms with Gasteiger partial charge < -0.3 is 15.2 Å². The summed E-state index contributed by atoms with van der Waals surface area (Å²) < 4.78 is 11.1. The zero-order valence-corrected chi connectivity index (χ0v) is 11.2. The summed E-state index contributed by atoms with van der Waals surface area (Å²) in [4.78, 5) is 0. The highest BCUT2D eigenvalue weighted by Gasteiger charge is 2.18. The van der Waals surface area contributed by atoms with Gasteiger partial charge in [-0.25, -0.2) is 0 Å². The van der Waals surface area contributed by atoms with E-state index in [-0.39, 0.29) is 12.1 Å². The van der Waals surface area contributed by atoms with E-state index >= 15 is 0 Å². The van der Waals surface area contributed by atoms with Crippen LogP contribution in [0.5, 0.6) is 11.5 Å². The maximum atomic E-state index is 6.03. The summed E-state index contributed by atoms with van der Waals surface area (Å²) in [6.45, 7) is 1.94. The molecule has 0 saturated heterocycles. The third-order valence-corrected chi connectivity index (χ3v) is 2.93. The van der Waals surface area contributed by atoms with E-state index in [1.54, 1.807) is 7.11 Å². The number of hydrogen-bond acceptors (Lipinski definition) is 3. The molecule has 0 fully saturated rings. The minimum absolute atomic E-state index is 0.103. The number of ether oxygens (including phenoxy) is 2. The minimum atomic E-state index is -0.173. The van der Waals surface area contributed by atoms with E-state index in [2.05, 4.69) is 0 Å². The van der Waals surface area contributed by atoms with Crippen molar-refractivity contribution in [1.82, 2.24) is 0 Å². The molecule has 100 valence electrons. The van der Waals surface area contributed by atoms with E-state index in [9.17, 15) is 0 Å². The summed E-state index contributed by atoms with van der Waals surface area (Å²) in [5, 5.41) is 0. The summed E-state index contributed by atoms with van der Waals surface area (Å²) >= 11 is 0. The van der Waals surface area contributed by atoms with Gasteiger partial charge in [-0.05, 0) is 36.8 Å². The Kier molecular flexibility index (Phi) is 4.42. The van der Waals surface area contributed by atoms with Crippen LogP contribution in [0.1, 0.15) is 18.6 Å². The van der Waals surface area contributed by atoms with Crippen molar-refractivity contribution < 1.29 is 9.47 Å². The molecule has 0 aliphatic carbocycles. The van der Waals surface area contributed by atoms with Crippen molar-refractivity contribution in [3.8, 4) is 11.5 Å². The zero-order valence-electron chi connectivity index (χ0n) is 11.2. The van der Waals surface area contributed by atoms with Crippen molar-refractivity contribution in [2.75, 3.05) is 7.11 Å². The van der Waals surface area contributed by atoms with Crippen LogP contribution < -0.4 is 15.2 Å². The number of rotatable bonds is 5. The molecule has 2 atom stereocenters. The molecular weight excluding hydrogens is 238 g/mol. The second-order valence-electron chi connectivity index (χ2n) is 4.48. The van der Waals surface area contributed by atoms with Gasteiger partial charge in [0.1, 0.15) is 17.6 Å². The average molecular weight is 257 g/mol. The third-order valence-electron chi connectivity index (χ3n) is 2.93. The van der Waals surface area contributed by atoms with Gasteiger partial charge in [0.05, 0.1) is 7.11 Å². The van der Waals surface area contributed by atoms with E-state index in [1.807, 2.05) is 61.5 Å². The molecule has 0 spiro atoms. The van der Waals surface area contributed by atoms with Gasteiger partial charge in [-0.3, -0.25) is 0 Å². The van der Waals surface area contributed by atoms with E-state index in [1.165, 1.54) is 0 Å². The summed E-state index contributed by atoms with van der Waals surface area (Å²) in [6.07, 6.45) is -0.173. The number of nitrogens with two attached hydrogens (primary N) is 1. The fraction of sp³-hybridized carbons (Fsp3) is 0.250. The lowest BCUT2D eigenvalue weighted by Gasteiger charge is -2.23. The molecule has 2 rings (SSSR count). The molecule has 0 aliphatic heterocycles. The maximum Gasteiger partial charge on any atom is 0.138 e. The molecular formula is C16H19NO2. The maximum absolute atomic E-state index is 6.03. The largest absolute Gasteiger partial charge is 0.497 e. The van der Waals surface area contributed by atoms with Crippen molar-refractivity contribution in [3.63, 3.8) is 0 Å². The van der Waals surface area contributed by atoms with Crippen molar-refractivity contribution in [3.05, 3.63) is 60.2 Å². The van der Waals surface area contributed by atoms with Gasteiger partial charge in [0.15, 0.2) is 0 Å². The lowest BCUT2D eigenvalue weighted by molar-refractivity contribution is 0.180. The smallest absolute Gasteiger partial charge is 0.138 e.